The van der Waals surface area contributed by atoms with Crippen LogP contribution in [-0.2, 0) is 20.9 Å². The van der Waals surface area contributed by atoms with Gasteiger partial charge >= 0.3 is 5.97 Å². The number of carbonyl (C=O) groups is 1. The van der Waals surface area contributed by atoms with Gasteiger partial charge in [-0.15, -0.1) is 0 Å². The van der Waals surface area contributed by atoms with Gasteiger partial charge in [0.2, 0.25) is 0 Å². The van der Waals surface area contributed by atoms with Crippen LogP contribution in [0, 0.1) is 23.7 Å². The number of ether oxygens (including phenoxy) is 2. The summed E-state index contributed by atoms with van der Waals surface area (Å²) >= 11 is 0. The average molecular weight is 304 g/mol. The van der Waals surface area contributed by atoms with E-state index in [2.05, 4.69) is 11.8 Å². The normalized spacial score (nSPS) is 14.4. The third-order valence-corrected chi connectivity index (χ3v) is 3.26. The Kier molecular flexibility index (Phi) is 8.27. The summed E-state index contributed by atoms with van der Waals surface area (Å²) < 4.78 is 10.4. The molecule has 1 rings (SSSR count). The Hall–Kier alpha value is -1.83. The molecule has 3 atom stereocenters. The Morgan fingerprint density at radius 3 is 2.59 bits per heavy atom. The molecule has 0 saturated carbocycles. The van der Waals surface area contributed by atoms with E-state index in [1.165, 1.54) is 6.92 Å². The maximum atomic E-state index is 10.6. The predicted octanol–water partition coefficient (Wildman–Crippen LogP) is 2.40. The van der Waals surface area contributed by atoms with Crippen molar-refractivity contribution in [2.75, 3.05) is 13.2 Å². The number of esters is 1. The van der Waals surface area contributed by atoms with Gasteiger partial charge in [0, 0.05) is 18.8 Å². The predicted molar refractivity (Wildman–Crippen MR) is 84.8 cm³/mol. The molecule has 0 fully saturated rings. The van der Waals surface area contributed by atoms with Gasteiger partial charge in [0.25, 0.3) is 0 Å². The first kappa shape index (κ1) is 18.2. The summed E-state index contributed by atoms with van der Waals surface area (Å²) in [6, 6.07) is 9.91. The van der Waals surface area contributed by atoms with E-state index < -0.39 is 6.10 Å². The van der Waals surface area contributed by atoms with Crippen LogP contribution in [0.25, 0.3) is 0 Å². The molecule has 0 radical (unpaired) electrons. The molecular weight excluding hydrogens is 280 g/mol. The molecule has 0 bridgehead atoms. The fraction of sp³-hybridized carbons (Fsp3) is 0.500. The van der Waals surface area contributed by atoms with Crippen LogP contribution in [0.15, 0.2) is 30.3 Å². The SMILES string of the molecule is CC(=O)OCC#C[C@H](C)[C@@H](O)[C@H](C)COCc1ccccc1. The molecule has 1 N–H and O–H groups in total. The Balaban J connectivity index is 2.31. The highest BCUT2D eigenvalue weighted by Gasteiger charge is 2.19. The molecule has 4 nitrogen and oxygen atoms in total. The molecule has 0 aliphatic heterocycles. The summed E-state index contributed by atoms with van der Waals surface area (Å²) in [5.74, 6) is 5.05. The molecule has 1 aromatic carbocycles. The maximum absolute atomic E-state index is 10.6. The second kappa shape index (κ2) is 9.99. The number of benzene rings is 1. The van der Waals surface area contributed by atoms with Crippen molar-refractivity contribution in [3.8, 4) is 11.8 Å². The van der Waals surface area contributed by atoms with Crippen molar-refractivity contribution in [1.82, 2.24) is 0 Å². The van der Waals surface area contributed by atoms with Crippen LogP contribution in [0.3, 0.4) is 0 Å². The summed E-state index contributed by atoms with van der Waals surface area (Å²) in [6.45, 7) is 6.17. The van der Waals surface area contributed by atoms with Crippen LogP contribution in [0.2, 0.25) is 0 Å². The first-order chi connectivity index (χ1) is 10.5. The van der Waals surface area contributed by atoms with Crippen LogP contribution >= 0.6 is 0 Å². The molecule has 0 heterocycles. The molecule has 0 saturated heterocycles. The molecule has 0 unspecified atom stereocenters. The number of hydrogen-bond acceptors (Lipinski definition) is 4. The Bertz CT molecular complexity index is 501. The molecule has 22 heavy (non-hydrogen) atoms. The number of aliphatic hydroxyl groups is 1. The first-order valence-electron chi connectivity index (χ1n) is 7.42. The highest BCUT2D eigenvalue weighted by atomic mass is 16.5. The summed E-state index contributed by atoms with van der Waals surface area (Å²) in [5.41, 5.74) is 1.11. The second-order valence-electron chi connectivity index (χ2n) is 5.36. The van der Waals surface area contributed by atoms with Gasteiger partial charge in [0.05, 0.1) is 19.3 Å². The van der Waals surface area contributed by atoms with Crippen molar-refractivity contribution in [1.29, 1.82) is 0 Å². The van der Waals surface area contributed by atoms with Crippen LogP contribution in [0.5, 0.6) is 0 Å². The third-order valence-electron chi connectivity index (χ3n) is 3.26. The Labute approximate surface area is 132 Å². The number of aliphatic hydroxyl groups excluding tert-OH is 1. The van der Waals surface area contributed by atoms with Gasteiger partial charge in [-0.25, -0.2) is 0 Å². The van der Waals surface area contributed by atoms with E-state index in [0.717, 1.165) is 5.56 Å². The first-order valence-corrected chi connectivity index (χ1v) is 7.42. The van der Waals surface area contributed by atoms with Gasteiger partial charge in [-0.1, -0.05) is 49.1 Å². The van der Waals surface area contributed by atoms with Crippen molar-refractivity contribution >= 4 is 5.97 Å². The fourth-order valence-electron chi connectivity index (χ4n) is 1.95. The molecule has 0 aromatic heterocycles. The van der Waals surface area contributed by atoms with Gasteiger partial charge in [0.15, 0.2) is 6.61 Å². The Morgan fingerprint density at radius 2 is 1.95 bits per heavy atom. The van der Waals surface area contributed by atoms with Crippen LogP contribution in [-0.4, -0.2) is 30.4 Å². The fourth-order valence-corrected chi connectivity index (χ4v) is 1.95. The van der Waals surface area contributed by atoms with E-state index in [4.69, 9.17) is 9.47 Å². The van der Waals surface area contributed by atoms with Gasteiger partial charge in [-0.05, 0) is 12.5 Å². The molecule has 0 spiro atoms. The summed E-state index contributed by atoms with van der Waals surface area (Å²) in [6.07, 6.45) is -0.583. The minimum Gasteiger partial charge on any atom is -0.453 e. The molecule has 4 heteroatoms. The zero-order chi connectivity index (χ0) is 16.4. The van der Waals surface area contributed by atoms with Crippen molar-refractivity contribution < 1.29 is 19.4 Å². The smallest absolute Gasteiger partial charge is 0.303 e. The highest BCUT2D eigenvalue weighted by molar-refractivity contribution is 5.66. The Morgan fingerprint density at radius 1 is 1.27 bits per heavy atom. The van der Waals surface area contributed by atoms with Crippen molar-refractivity contribution in [3.63, 3.8) is 0 Å². The van der Waals surface area contributed by atoms with Gasteiger partial charge in [-0.3, -0.25) is 4.79 Å². The molecule has 0 aliphatic rings. The van der Waals surface area contributed by atoms with E-state index in [1.54, 1.807) is 0 Å². The van der Waals surface area contributed by atoms with E-state index in [0.29, 0.717) is 13.2 Å². The van der Waals surface area contributed by atoms with Crippen molar-refractivity contribution in [3.05, 3.63) is 35.9 Å². The minimum absolute atomic E-state index is 0.0262. The van der Waals surface area contributed by atoms with E-state index in [9.17, 15) is 9.90 Å². The van der Waals surface area contributed by atoms with Gasteiger partial charge < -0.3 is 14.6 Å². The molecular formula is C18H24O4. The van der Waals surface area contributed by atoms with E-state index >= 15 is 0 Å². The van der Waals surface area contributed by atoms with Crippen LogP contribution < -0.4 is 0 Å². The molecule has 0 aliphatic carbocycles. The van der Waals surface area contributed by atoms with Gasteiger partial charge in [-0.2, -0.15) is 0 Å². The van der Waals surface area contributed by atoms with Gasteiger partial charge in [0.1, 0.15) is 0 Å². The second-order valence-corrected chi connectivity index (χ2v) is 5.36. The van der Waals surface area contributed by atoms with E-state index in [-0.39, 0.29) is 24.4 Å². The summed E-state index contributed by atoms with van der Waals surface area (Å²) in [4.78, 5) is 10.6. The summed E-state index contributed by atoms with van der Waals surface area (Å²) in [7, 11) is 0. The lowest BCUT2D eigenvalue weighted by Crippen LogP contribution is -2.28. The maximum Gasteiger partial charge on any atom is 0.303 e. The minimum atomic E-state index is -0.583. The standard InChI is InChI=1S/C18H24O4/c1-14(8-7-11-22-16(3)19)18(20)15(2)12-21-13-17-9-5-4-6-10-17/h4-6,9-10,14-15,18,20H,11-13H2,1-3H3/t14-,15+,18+/m0/s1. The lowest BCUT2D eigenvalue weighted by Gasteiger charge is -2.21. The zero-order valence-electron chi connectivity index (χ0n) is 13.4. The molecule has 120 valence electrons. The summed E-state index contributed by atoms with van der Waals surface area (Å²) in [5, 5.41) is 10.2. The molecule has 1 aromatic rings. The third kappa shape index (κ3) is 7.26. The zero-order valence-corrected chi connectivity index (χ0v) is 13.4. The average Bonchev–Trinajstić information content (AvgIpc) is 2.51. The van der Waals surface area contributed by atoms with Crippen molar-refractivity contribution in [2.45, 2.75) is 33.5 Å². The van der Waals surface area contributed by atoms with E-state index in [1.807, 2.05) is 44.2 Å². The number of hydrogen-bond donors (Lipinski definition) is 1. The lowest BCUT2D eigenvalue weighted by molar-refractivity contribution is -0.139. The highest BCUT2D eigenvalue weighted by Crippen LogP contribution is 2.13. The monoisotopic (exact) mass is 304 g/mol. The largest absolute Gasteiger partial charge is 0.453 e. The molecule has 0 amide bonds. The number of rotatable bonds is 7. The lowest BCUT2D eigenvalue weighted by atomic mass is 9.94. The number of carbonyl (C=O) groups excluding carboxylic acids is 1. The quantitative estimate of drug-likeness (QED) is 0.621. The van der Waals surface area contributed by atoms with Crippen LogP contribution in [0.4, 0.5) is 0 Å². The topological polar surface area (TPSA) is 55.8 Å². The van der Waals surface area contributed by atoms with Crippen molar-refractivity contribution in [2.24, 2.45) is 11.8 Å². The van der Waals surface area contributed by atoms with Crippen LogP contribution in [0.1, 0.15) is 26.3 Å².